The Hall–Kier alpha value is -2.53. The van der Waals surface area contributed by atoms with Crippen LogP contribution in [-0.2, 0) is 16.0 Å². The topological polar surface area (TPSA) is 54.0 Å². The van der Waals surface area contributed by atoms with E-state index in [0.29, 0.717) is 24.2 Å². The van der Waals surface area contributed by atoms with E-state index >= 15 is 0 Å². The van der Waals surface area contributed by atoms with Crippen LogP contribution in [0, 0.1) is 12.7 Å². The van der Waals surface area contributed by atoms with E-state index in [4.69, 9.17) is 0 Å². The molecule has 5 heteroatoms. The number of carbonyl (C=O) groups is 2. The van der Waals surface area contributed by atoms with Gasteiger partial charge in [-0.05, 0) is 30.7 Å². The smallest absolute Gasteiger partial charge is 0.292 e. The largest absolute Gasteiger partial charge is 0.335 e. The predicted molar refractivity (Wildman–Crippen MR) is 89.0 cm³/mol. The molecule has 0 aromatic heterocycles. The van der Waals surface area contributed by atoms with Gasteiger partial charge < -0.3 is 5.32 Å². The number of anilines is 1. The summed E-state index contributed by atoms with van der Waals surface area (Å²) in [6.45, 7) is 2.52. The lowest BCUT2D eigenvalue weighted by molar-refractivity contribution is -0.674. The van der Waals surface area contributed by atoms with Gasteiger partial charge in [0.05, 0.1) is 18.7 Å². The molecule has 2 N–H and O–H groups in total. The highest BCUT2D eigenvalue weighted by Crippen LogP contribution is 2.21. The standard InChI is InChI=1S/C19H19FN2O2/c1-13-6-8-15(9-7-13)22-18(23)12-17(19(22)24)21-11-10-14-4-2-3-5-16(14)20/h2-9,17,21H,10-12H2,1H3/p+1/t17-/m0/s1. The first-order valence-corrected chi connectivity index (χ1v) is 8.06. The number of amides is 2. The van der Waals surface area contributed by atoms with Crippen molar-refractivity contribution >= 4 is 17.5 Å². The number of imide groups is 1. The fourth-order valence-corrected chi connectivity index (χ4v) is 2.95. The second-order valence-electron chi connectivity index (χ2n) is 6.08. The van der Waals surface area contributed by atoms with Crippen molar-refractivity contribution in [3.8, 4) is 0 Å². The molecule has 1 heterocycles. The molecule has 0 unspecified atom stereocenters. The van der Waals surface area contributed by atoms with Gasteiger partial charge in [-0.25, -0.2) is 9.29 Å². The Labute approximate surface area is 140 Å². The zero-order chi connectivity index (χ0) is 17.1. The summed E-state index contributed by atoms with van der Waals surface area (Å²) in [5.41, 5.74) is 2.31. The average molecular weight is 327 g/mol. The van der Waals surface area contributed by atoms with Gasteiger partial charge >= 0.3 is 0 Å². The Morgan fingerprint density at radius 2 is 1.83 bits per heavy atom. The first-order chi connectivity index (χ1) is 11.6. The van der Waals surface area contributed by atoms with Crippen LogP contribution in [0.5, 0.6) is 0 Å². The second kappa shape index (κ2) is 6.93. The van der Waals surface area contributed by atoms with Crippen molar-refractivity contribution < 1.29 is 19.3 Å². The first kappa shape index (κ1) is 16.3. The number of nitrogens with two attached hydrogens (primary N) is 1. The van der Waals surface area contributed by atoms with Crippen molar-refractivity contribution in [2.24, 2.45) is 0 Å². The Morgan fingerprint density at radius 3 is 2.54 bits per heavy atom. The highest BCUT2D eigenvalue weighted by atomic mass is 19.1. The third kappa shape index (κ3) is 3.36. The van der Waals surface area contributed by atoms with Crippen LogP contribution >= 0.6 is 0 Å². The maximum absolute atomic E-state index is 13.6. The highest BCUT2D eigenvalue weighted by molar-refractivity contribution is 6.21. The van der Waals surface area contributed by atoms with Gasteiger partial charge in [-0.15, -0.1) is 0 Å². The van der Waals surface area contributed by atoms with Crippen LogP contribution in [0.3, 0.4) is 0 Å². The molecular weight excluding hydrogens is 307 g/mol. The fraction of sp³-hybridized carbons (Fsp3) is 0.263. The molecule has 0 spiro atoms. The van der Waals surface area contributed by atoms with E-state index in [1.165, 1.54) is 11.0 Å². The van der Waals surface area contributed by atoms with Crippen molar-refractivity contribution in [3.63, 3.8) is 0 Å². The number of nitrogens with zero attached hydrogens (tertiary/aromatic N) is 1. The molecule has 1 atom stereocenters. The normalized spacial score (nSPS) is 17.6. The SMILES string of the molecule is Cc1ccc(N2C(=O)C[C@H]([NH2+]CCc3ccccc3F)C2=O)cc1. The van der Waals surface area contributed by atoms with E-state index in [1.807, 2.05) is 24.4 Å². The van der Waals surface area contributed by atoms with Crippen molar-refractivity contribution in [1.29, 1.82) is 0 Å². The molecule has 1 saturated heterocycles. The summed E-state index contributed by atoms with van der Waals surface area (Å²) in [6.07, 6.45) is 0.707. The average Bonchev–Trinajstić information content (AvgIpc) is 2.84. The van der Waals surface area contributed by atoms with Gasteiger partial charge in [0.1, 0.15) is 5.82 Å². The lowest BCUT2D eigenvalue weighted by atomic mass is 10.1. The number of carbonyl (C=O) groups excluding carboxylic acids is 2. The number of rotatable bonds is 5. The highest BCUT2D eigenvalue weighted by Gasteiger charge is 2.41. The predicted octanol–water partition coefficient (Wildman–Crippen LogP) is 1.57. The summed E-state index contributed by atoms with van der Waals surface area (Å²) < 4.78 is 13.6. The molecule has 3 rings (SSSR count). The Balaban J connectivity index is 1.62. The van der Waals surface area contributed by atoms with E-state index in [9.17, 15) is 14.0 Å². The van der Waals surface area contributed by atoms with Gasteiger partial charge in [-0.3, -0.25) is 9.59 Å². The van der Waals surface area contributed by atoms with Crippen LogP contribution in [-0.4, -0.2) is 24.4 Å². The summed E-state index contributed by atoms with van der Waals surface area (Å²) in [5, 5.41) is 1.83. The van der Waals surface area contributed by atoms with Gasteiger partial charge in [0.25, 0.3) is 5.91 Å². The Kier molecular flexibility index (Phi) is 4.71. The molecule has 2 aromatic rings. The zero-order valence-electron chi connectivity index (χ0n) is 13.5. The van der Waals surface area contributed by atoms with Crippen molar-refractivity contribution in [2.45, 2.75) is 25.8 Å². The molecule has 0 saturated carbocycles. The van der Waals surface area contributed by atoms with Crippen molar-refractivity contribution in [2.75, 3.05) is 11.4 Å². The molecule has 1 aliphatic rings. The van der Waals surface area contributed by atoms with E-state index in [1.54, 1.807) is 30.3 Å². The van der Waals surface area contributed by atoms with Crippen molar-refractivity contribution in [3.05, 3.63) is 65.5 Å². The summed E-state index contributed by atoms with van der Waals surface area (Å²) in [7, 11) is 0. The lowest BCUT2D eigenvalue weighted by Crippen LogP contribution is -2.92. The van der Waals surface area contributed by atoms with Crippen LogP contribution in [0.4, 0.5) is 10.1 Å². The summed E-state index contributed by atoms with van der Waals surface area (Å²) >= 11 is 0. The number of hydrogen-bond donors (Lipinski definition) is 1. The van der Waals surface area contributed by atoms with E-state index < -0.39 is 6.04 Å². The molecule has 1 aliphatic heterocycles. The van der Waals surface area contributed by atoms with Gasteiger partial charge in [0, 0.05) is 6.42 Å². The molecule has 2 amide bonds. The molecule has 0 radical (unpaired) electrons. The molecule has 124 valence electrons. The third-order valence-corrected chi connectivity index (χ3v) is 4.30. The Bertz CT molecular complexity index is 758. The molecule has 4 nitrogen and oxygen atoms in total. The monoisotopic (exact) mass is 327 g/mol. The number of aryl methyl sites for hydroxylation is 1. The molecular formula is C19H20FN2O2+. The minimum atomic E-state index is -0.425. The molecule has 0 bridgehead atoms. The van der Waals surface area contributed by atoms with E-state index in [0.717, 1.165) is 5.56 Å². The summed E-state index contributed by atoms with van der Waals surface area (Å²) in [5.74, 6) is -0.616. The van der Waals surface area contributed by atoms with Crippen molar-refractivity contribution in [1.82, 2.24) is 0 Å². The Morgan fingerprint density at radius 1 is 1.12 bits per heavy atom. The van der Waals surface area contributed by atoms with Crippen LogP contribution < -0.4 is 10.2 Å². The lowest BCUT2D eigenvalue weighted by Gasteiger charge is -2.14. The fourth-order valence-electron chi connectivity index (χ4n) is 2.95. The van der Waals surface area contributed by atoms with Crippen LogP contribution in [0.25, 0.3) is 0 Å². The number of hydrogen-bond acceptors (Lipinski definition) is 2. The summed E-state index contributed by atoms with van der Waals surface area (Å²) in [6, 6.07) is 13.5. The first-order valence-electron chi connectivity index (χ1n) is 8.06. The van der Waals surface area contributed by atoms with Gasteiger partial charge in [0.15, 0.2) is 6.04 Å². The van der Waals surface area contributed by atoms with Crippen LogP contribution in [0.1, 0.15) is 17.5 Å². The maximum Gasteiger partial charge on any atom is 0.292 e. The maximum atomic E-state index is 13.6. The zero-order valence-corrected chi connectivity index (χ0v) is 13.5. The number of benzene rings is 2. The van der Waals surface area contributed by atoms with E-state index in [-0.39, 0.29) is 24.1 Å². The van der Waals surface area contributed by atoms with E-state index in [2.05, 4.69) is 0 Å². The number of quaternary nitrogens is 1. The molecule has 1 fully saturated rings. The quantitative estimate of drug-likeness (QED) is 0.848. The van der Waals surface area contributed by atoms with Gasteiger partial charge in [-0.1, -0.05) is 35.9 Å². The van der Waals surface area contributed by atoms with Gasteiger partial charge in [-0.2, -0.15) is 0 Å². The second-order valence-corrected chi connectivity index (χ2v) is 6.08. The summed E-state index contributed by atoms with van der Waals surface area (Å²) in [4.78, 5) is 26.0. The molecule has 24 heavy (non-hydrogen) atoms. The minimum absolute atomic E-state index is 0.184. The third-order valence-electron chi connectivity index (χ3n) is 4.30. The van der Waals surface area contributed by atoms with Crippen LogP contribution in [0.2, 0.25) is 0 Å². The van der Waals surface area contributed by atoms with Gasteiger partial charge in [0.2, 0.25) is 5.91 Å². The number of halogens is 1. The molecule has 2 aromatic carbocycles. The minimum Gasteiger partial charge on any atom is -0.335 e. The molecule has 0 aliphatic carbocycles. The van der Waals surface area contributed by atoms with Crippen LogP contribution in [0.15, 0.2) is 48.5 Å².